The maximum atomic E-state index is 11.8. The van der Waals surface area contributed by atoms with Gasteiger partial charge in [0, 0.05) is 17.0 Å². The van der Waals surface area contributed by atoms with Crippen molar-refractivity contribution >= 4 is 28.1 Å². The summed E-state index contributed by atoms with van der Waals surface area (Å²) < 4.78 is 11.8. The fourth-order valence-corrected chi connectivity index (χ4v) is 2.64. The Kier molecular flexibility index (Phi) is 4.62. The molecule has 0 aliphatic carbocycles. The first-order chi connectivity index (χ1) is 11.1. The predicted molar refractivity (Wildman–Crippen MR) is 90.7 cm³/mol. The Morgan fingerprint density at radius 1 is 1.26 bits per heavy atom. The third kappa shape index (κ3) is 3.90. The zero-order valence-corrected chi connectivity index (χ0v) is 14.0. The van der Waals surface area contributed by atoms with Crippen molar-refractivity contribution in [2.45, 2.75) is 19.6 Å². The van der Waals surface area contributed by atoms with Gasteiger partial charge in [0.15, 0.2) is 11.5 Å². The highest BCUT2D eigenvalue weighted by atomic mass is 79.9. The third-order valence-electron chi connectivity index (χ3n) is 3.25. The third-order valence-corrected chi connectivity index (χ3v) is 3.94. The lowest BCUT2D eigenvalue weighted by Crippen LogP contribution is -2.19. The minimum Gasteiger partial charge on any atom is -0.451 e. The molecule has 2 aromatic rings. The van der Waals surface area contributed by atoms with Crippen LogP contribution in [0.4, 0.5) is 0 Å². The first-order valence-corrected chi connectivity index (χ1v) is 7.94. The summed E-state index contributed by atoms with van der Waals surface area (Å²) in [6, 6.07) is 13.2. The quantitative estimate of drug-likeness (QED) is 0.659. The first-order valence-electron chi connectivity index (χ1n) is 7.14. The van der Waals surface area contributed by atoms with Crippen LogP contribution in [-0.2, 0) is 11.2 Å². The summed E-state index contributed by atoms with van der Waals surface area (Å²) in [5, 5.41) is 3.99. The molecular formula is C17H15BrN2O3. The van der Waals surface area contributed by atoms with E-state index in [9.17, 15) is 4.79 Å². The number of rotatable bonds is 4. The number of halogens is 1. The second kappa shape index (κ2) is 6.83. The van der Waals surface area contributed by atoms with Gasteiger partial charge in [-0.1, -0.05) is 30.3 Å². The Morgan fingerprint density at radius 3 is 2.70 bits per heavy atom. The standard InChI is InChI=1S/C17H15BrN2O3/c1-11-22-15-8-13(14(18)9-16(15)23-11)10-19-20-17(21)7-12-5-3-2-4-6-12/h2-6,8-11H,7H2,1H3,(H,20,21)/b19-10-/t11-/m1/s1. The number of hydrogen-bond donors (Lipinski definition) is 1. The summed E-state index contributed by atoms with van der Waals surface area (Å²) in [4.78, 5) is 11.8. The van der Waals surface area contributed by atoms with Crippen molar-refractivity contribution in [1.82, 2.24) is 5.43 Å². The van der Waals surface area contributed by atoms with Crippen molar-refractivity contribution in [3.8, 4) is 11.5 Å². The second-order valence-electron chi connectivity index (χ2n) is 5.08. The van der Waals surface area contributed by atoms with Crippen LogP contribution < -0.4 is 14.9 Å². The van der Waals surface area contributed by atoms with Crippen molar-refractivity contribution in [1.29, 1.82) is 0 Å². The summed E-state index contributed by atoms with van der Waals surface area (Å²) in [5.74, 6) is 1.19. The van der Waals surface area contributed by atoms with Gasteiger partial charge < -0.3 is 9.47 Å². The van der Waals surface area contributed by atoms with Gasteiger partial charge in [-0.05, 0) is 33.6 Å². The number of hydrazone groups is 1. The van der Waals surface area contributed by atoms with Crippen LogP contribution in [0.3, 0.4) is 0 Å². The molecule has 0 saturated carbocycles. The lowest BCUT2D eigenvalue weighted by Gasteiger charge is -2.02. The molecule has 0 fully saturated rings. The molecule has 1 aliphatic heterocycles. The van der Waals surface area contributed by atoms with Gasteiger partial charge in [0.2, 0.25) is 12.2 Å². The molecule has 0 aromatic heterocycles. The van der Waals surface area contributed by atoms with E-state index in [0.29, 0.717) is 11.5 Å². The van der Waals surface area contributed by atoms with E-state index < -0.39 is 0 Å². The molecule has 5 nitrogen and oxygen atoms in total. The summed E-state index contributed by atoms with van der Waals surface area (Å²) in [6.07, 6.45) is 1.56. The van der Waals surface area contributed by atoms with E-state index in [2.05, 4.69) is 26.5 Å². The molecule has 0 spiro atoms. The average molecular weight is 375 g/mol. The van der Waals surface area contributed by atoms with E-state index in [0.717, 1.165) is 15.6 Å². The molecule has 1 N–H and O–H groups in total. The van der Waals surface area contributed by atoms with Gasteiger partial charge in [-0.2, -0.15) is 5.10 Å². The second-order valence-corrected chi connectivity index (χ2v) is 5.93. The average Bonchev–Trinajstić information content (AvgIpc) is 2.87. The molecule has 0 unspecified atom stereocenters. The predicted octanol–water partition coefficient (Wildman–Crippen LogP) is 3.26. The number of carbonyl (C=O) groups excluding carboxylic acids is 1. The minimum absolute atomic E-state index is 0.169. The van der Waals surface area contributed by atoms with E-state index in [1.54, 1.807) is 6.21 Å². The molecule has 1 atom stereocenters. The molecular weight excluding hydrogens is 360 g/mol. The number of benzene rings is 2. The summed E-state index contributed by atoms with van der Waals surface area (Å²) in [7, 11) is 0. The van der Waals surface area contributed by atoms with Crippen LogP contribution in [0, 0.1) is 0 Å². The zero-order chi connectivity index (χ0) is 16.2. The van der Waals surface area contributed by atoms with Crippen LogP contribution in [0.2, 0.25) is 0 Å². The van der Waals surface area contributed by atoms with Gasteiger partial charge >= 0.3 is 0 Å². The number of hydrogen-bond acceptors (Lipinski definition) is 4. The highest BCUT2D eigenvalue weighted by Crippen LogP contribution is 2.38. The smallest absolute Gasteiger partial charge is 0.244 e. The summed E-state index contributed by atoms with van der Waals surface area (Å²) >= 11 is 3.45. The number of carbonyl (C=O) groups is 1. The highest BCUT2D eigenvalue weighted by Gasteiger charge is 2.21. The van der Waals surface area contributed by atoms with E-state index >= 15 is 0 Å². The maximum Gasteiger partial charge on any atom is 0.244 e. The number of nitrogens with zero attached hydrogens (tertiary/aromatic N) is 1. The number of fused-ring (bicyclic) bond motifs is 1. The van der Waals surface area contributed by atoms with Gasteiger partial charge in [0.1, 0.15) is 0 Å². The summed E-state index contributed by atoms with van der Waals surface area (Å²) in [6.45, 7) is 1.82. The Bertz CT molecular complexity index is 747. The number of ether oxygens (including phenoxy) is 2. The van der Waals surface area contributed by atoms with Crippen molar-refractivity contribution in [2.24, 2.45) is 5.10 Å². The van der Waals surface area contributed by atoms with Crippen LogP contribution in [-0.4, -0.2) is 18.4 Å². The highest BCUT2D eigenvalue weighted by molar-refractivity contribution is 9.10. The van der Waals surface area contributed by atoms with E-state index in [4.69, 9.17) is 9.47 Å². The molecule has 0 radical (unpaired) electrons. The molecule has 3 rings (SSSR count). The molecule has 0 bridgehead atoms. The van der Waals surface area contributed by atoms with Gasteiger partial charge in [-0.15, -0.1) is 0 Å². The van der Waals surface area contributed by atoms with Crippen molar-refractivity contribution in [3.05, 3.63) is 58.1 Å². The van der Waals surface area contributed by atoms with Gasteiger partial charge in [0.25, 0.3) is 0 Å². The van der Waals surface area contributed by atoms with Crippen LogP contribution in [0.5, 0.6) is 11.5 Å². The monoisotopic (exact) mass is 374 g/mol. The van der Waals surface area contributed by atoms with Crippen molar-refractivity contribution in [3.63, 3.8) is 0 Å². The largest absolute Gasteiger partial charge is 0.451 e. The minimum atomic E-state index is -0.297. The van der Waals surface area contributed by atoms with Crippen LogP contribution >= 0.6 is 15.9 Å². The first kappa shape index (κ1) is 15.6. The molecule has 1 amide bonds. The van der Waals surface area contributed by atoms with Crippen molar-refractivity contribution < 1.29 is 14.3 Å². The Labute approximate surface area is 142 Å². The molecule has 118 valence electrons. The van der Waals surface area contributed by atoms with Gasteiger partial charge in [0.05, 0.1) is 12.6 Å². The van der Waals surface area contributed by atoms with Gasteiger partial charge in [-0.25, -0.2) is 5.43 Å². The van der Waals surface area contributed by atoms with E-state index in [1.165, 1.54) is 0 Å². The van der Waals surface area contributed by atoms with Gasteiger partial charge in [-0.3, -0.25) is 4.79 Å². The van der Waals surface area contributed by atoms with Crippen LogP contribution in [0.15, 0.2) is 52.0 Å². The number of amides is 1. The molecule has 1 heterocycles. The fourth-order valence-electron chi connectivity index (χ4n) is 2.21. The molecule has 23 heavy (non-hydrogen) atoms. The number of nitrogens with one attached hydrogen (secondary N) is 1. The molecule has 6 heteroatoms. The van der Waals surface area contributed by atoms with E-state index in [1.807, 2.05) is 49.4 Å². The molecule has 0 saturated heterocycles. The van der Waals surface area contributed by atoms with Crippen LogP contribution in [0.25, 0.3) is 0 Å². The lowest BCUT2D eigenvalue weighted by atomic mass is 10.1. The Balaban J connectivity index is 1.62. The van der Waals surface area contributed by atoms with Crippen LogP contribution in [0.1, 0.15) is 18.1 Å². The van der Waals surface area contributed by atoms with E-state index in [-0.39, 0.29) is 18.6 Å². The fraction of sp³-hybridized carbons (Fsp3) is 0.176. The summed E-state index contributed by atoms with van der Waals surface area (Å²) in [5.41, 5.74) is 4.26. The zero-order valence-electron chi connectivity index (χ0n) is 12.5. The molecule has 1 aliphatic rings. The molecule has 2 aromatic carbocycles. The SMILES string of the molecule is C[C@H]1Oc2cc(Br)c(/C=N\NC(=O)Cc3ccccc3)cc2O1. The Morgan fingerprint density at radius 2 is 1.96 bits per heavy atom. The maximum absolute atomic E-state index is 11.8. The van der Waals surface area contributed by atoms with Crippen molar-refractivity contribution in [2.75, 3.05) is 0 Å². The topological polar surface area (TPSA) is 59.9 Å². The Hall–Kier alpha value is -2.34. The normalized spacial score (nSPS) is 15.8. The lowest BCUT2D eigenvalue weighted by molar-refractivity contribution is -0.120.